The molecular weight excluding hydrogens is 144 g/mol. The van der Waals surface area contributed by atoms with Gasteiger partial charge in [-0.15, -0.1) is 0 Å². The Balaban J connectivity index is 2.62. The molecule has 0 aromatic heterocycles. The van der Waals surface area contributed by atoms with Gasteiger partial charge in [0.25, 0.3) is 0 Å². The molecule has 1 heterocycles. The number of imide groups is 1. The monoisotopic (exact) mass is 156 g/mol. The summed E-state index contributed by atoms with van der Waals surface area (Å²) in [6.07, 6.45) is 0.712. The van der Waals surface area contributed by atoms with Crippen LogP contribution in [0.15, 0.2) is 0 Å². The third-order valence-corrected chi connectivity index (χ3v) is 1.82. The van der Waals surface area contributed by atoms with E-state index in [1.165, 1.54) is 0 Å². The van der Waals surface area contributed by atoms with Crippen LogP contribution in [-0.4, -0.2) is 23.9 Å². The van der Waals surface area contributed by atoms with Gasteiger partial charge in [0.05, 0.1) is 12.1 Å². The first kappa shape index (κ1) is 8.20. The maximum atomic E-state index is 11.0. The molecule has 2 unspecified atom stereocenters. The molecule has 2 atom stereocenters. The number of hydrogen-bond acceptors (Lipinski definition) is 3. The second kappa shape index (κ2) is 3.00. The quantitative estimate of drug-likeness (QED) is 0.498. The predicted octanol–water partition coefficient (Wildman–Crippen LogP) is -0.601. The Bertz CT molecular complexity index is 191. The van der Waals surface area contributed by atoms with E-state index in [9.17, 15) is 9.59 Å². The van der Waals surface area contributed by atoms with Gasteiger partial charge in [-0.3, -0.25) is 20.2 Å². The highest BCUT2D eigenvalue weighted by atomic mass is 16.2. The normalized spacial score (nSPS) is 31.8. The first-order valence-corrected chi connectivity index (χ1v) is 3.76. The van der Waals surface area contributed by atoms with E-state index in [4.69, 9.17) is 0 Å². The maximum Gasteiger partial charge on any atom is 0.243 e. The van der Waals surface area contributed by atoms with Crippen LogP contribution in [-0.2, 0) is 9.59 Å². The van der Waals surface area contributed by atoms with E-state index in [0.29, 0.717) is 6.42 Å². The van der Waals surface area contributed by atoms with Crippen LogP contribution in [0.1, 0.15) is 20.3 Å². The number of hydrogen-bond donors (Lipinski definition) is 2. The molecule has 0 spiro atoms. The minimum Gasteiger partial charge on any atom is -0.295 e. The van der Waals surface area contributed by atoms with E-state index >= 15 is 0 Å². The molecule has 4 heteroatoms. The molecule has 0 bridgehead atoms. The molecule has 1 aliphatic heterocycles. The van der Waals surface area contributed by atoms with Crippen molar-refractivity contribution < 1.29 is 9.59 Å². The fraction of sp³-hybridized carbons (Fsp3) is 0.714. The molecule has 1 aliphatic rings. The molecular formula is C7H12N2O2. The lowest BCUT2D eigenvalue weighted by Gasteiger charge is -2.26. The second-order valence-corrected chi connectivity index (χ2v) is 2.70. The number of carbonyl (C=O) groups excluding carboxylic acids is 2. The molecule has 1 fully saturated rings. The van der Waals surface area contributed by atoms with Crippen LogP contribution in [0.2, 0.25) is 0 Å². The summed E-state index contributed by atoms with van der Waals surface area (Å²) in [6.45, 7) is 3.64. The van der Waals surface area contributed by atoms with Crippen molar-refractivity contribution in [3.8, 4) is 0 Å². The molecule has 0 radical (unpaired) electrons. The average molecular weight is 156 g/mol. The minimum atomic E-state index is -0.252. The fourth-order valence-corrected chi connectivity index (χ4v) is 1.07. The van der Waals surface area contributed by atoms with Crippen LogP contribution < -0.4 is 10.6 Å². The number of amides is 2. The van der Waals surface area contributed by atoms with Crippen LogP contribution in [0.25, 0.3) is 0 Å². The Morgan fingerprint density at radius 1 is 1.36 bits per heavy atom. The summed E-state index contributed by atoms with van der Waals surface area (Å²) in [7, 11) is 0. The van der Waals surface area contributed by atoms with Crippen molar-refractivity contribution in [1.82, 2.24) is 10.6 Å². The summed E-state index contributed by atoms with van der Waals surface area (Å²) in [6, 6.07) is -0.458. The van der Waals surface area contributed by atoms with Gasteiger partial charge < -0.3 is 0 Å². The van der Waals surface area contributed by atoms with Gasteiger partial charge in [-0.1, -0.05) is 6.92 Å². The zero-order chi connectivity index (χ0) is 8.43. The van der Waals surface area contributed by atoms with Crippen LogP contribution in [0.3, 0.4) is 0 Å². The largest absolute Gasteiger partial charge is 0.295 e. The Morgan fingerprint density at radius 3 is 2.55 bits per heavy atom. The van der Waals surface area contributed by atoms with Crippen molar-refractivity contribution in [2.24, 2.45) is 0 Å². The summed E-state index contributed by atoms with van der Waals surface area (Å²) >= 11 is 0. The minimum absolute atomic E-state index is 0.206. The van der Waals surface area contributed by atoms with Crippen molar-refractivity contribution in [1.29, 1.82) is 0 Å². The van der Waals surface area contributed by atoms with Crippen molar-refractivity contribution >= 4 is 11.8 Å². The Labute approximate surface area is 65.3 Å². The number of nitrogens with one attached hydrogen (secondary N) is 2. The van der Waals surface area contributed by atoms with Gasteiger partial charge in [0.1, 0.15) is 0 Å². The van der Waals surface area contributed by atoms with E-state index in [-0.39, 0.29) is 23.9 Å². The van der Waals surface area contributed by atoms with E-state index in [2.05, 4.69) is 10.6 Å². The molecule has 1 saturated heterocycles. The van der Waals surface area contributed by atoms with Crippen LogP contribution in [0.4, 0.5) is 0 Å². The van der Waals surface area contributed by atoms with Crippen molar-refractivity contribution in [3.63, 3.8) is 0 Å². The zero-order valence-corrected chi connectivity index (χ0v) is 6.68. The maximum absolute atomic E-state index is 11.0. The van der Waals surface area contributed by atoms with Crippen LogP contribution in [0.5, 0.6) is 0 Å². The zero-order valence-electron chi connectivity index (χ0n) is 6.68. The smallest absolute Gasteiger partial charge is 0.243 e. The van der Waals surface area contributed by atoms with E-state index in [1.807, 2.05) is 6.92 Å². The fourth-order valence-electron chi connectivity index (χ4n) is 1.07. The molecule has 0 aliphatic carbocycles. The molecule has 0 saturated carbocycles. The highest BCUT2D eigenvalue weighted by Crippen LogP contribution is 1.99. The molecule has 0 aromatic rings. The molecule has 11 heavy (non-hydrogen) atoms. The number of piperazine rings is 1. The standard InChI is InChI=1S/C7H12N2O2/c1-3-5-7(11)9-6(10)4(2)8-5/h4-5,8H,3H2,1-2H3,(H,9,10,11). The first-order valence-electron chi connectivity index (χ1n) is 3.76. The third kappa shape index (κ3) is 1.57. The van der Waals surface area contributed by atoms with Crippen LogP contribution in [0, 0.1) is 0 Å². The SMILES string of the molecule is CCC1NC(C)C(=O)NC1=O. The van der Waals surface area contributed by atoms with Gasteiger partial charge in [-0.25, -0.2) is 0 Å². The summed E-state index contributed by atoms with van der Waals surface area (Å²) in [4.78, 5) is 21.9. The number of carbonyl (C=O) groups is 2. The van der Waals surface area contributed by atoms with Gasteiger partial charge in [0.15, 0.2) is 0 Å². The highest BCUT2D eigenvalue weighted by Gasteiger charge is 2.29. The summed E-state index contributed by atoms with van der Waals surface area (Å²) < 4.78 is 0. The molecule has 1 rings (SSSR count). The van der Waals surface area contributed by atoms with E-state index in [0.717, 1.165) is 0 Å². The second-order valence-electron chi connectivity index (χ2n) is 2.70. The summed E-state index contributed by atoms with van der Waals surface area (Å²) in [5, 5.41) is 5.19. The molecule has 2 N–H and O–H groups in total. The Morgan fingerprint density at radius 2 is 2.00 bits per heavy atom. The van der Waals surface area contributed by atoms with Crippen molar-refractivity contribution in [2.75, 3.05) is 0 Å². The van der Waals surface area contributed by atoms with Gasteiger partial charge in [-0.05, 0) is 13.3 Å². The summed E-state index contributed by atoms with van der Waals surface area (Å²) in [5.74, 6) is -0.449. The van der Waals surface area contributed by atoms with Gasteiger partial charge in [0, 0.05) is 0 Å². The first-order chi connectivity index (χ1) is 5.15. The molecule has 0 aromatic carbocycles. The average Bonchev–Trinajstić information content (AvgIpc) is 1.97. The van der Waals surface area contributed by atoms with Gasteiger partial charge >= 0.3 is 0 Å². The molecule has 4 nitrogen and oxygen atoms in total. The van der Waals surface area contributed by atoms with Crippen molar-refractivity contribution in [2.45, 2.75) is 32.4 Å². The van der Waals surface area contributed by atoms with E-state index < -0.39 is 0 Å². The number of rotatable bonds is 1. The van der Waals surface area contributed by atoms with E-state index in [1.54, 1.807) is 6.92 Å². The molecule has 2 amide bonds. The topological polar surface area (TPSA) is 58.2 Å². The lowest BCUT2D eigenvalue weighted by molar-refractivity contribution is -0.136. The summed E-state index contributed by atoms with van der Waals surface area (Å²) in [5.41, 5.74) is 0. The Kier molecular flexibility index (Phi) is 2.24. The predicted molar refractivity (Wildman–Crippen MR) is 39.8 cm³/mol. The Hall–Kier alpha value is -0.900. The lowest BCUT2D eigenvalue weighted by Crippen LogP contribution is -2.60. The van der Waals surface area contributed by atoms with Gasteiger partial charge in [0.2, 0.25) is 11.8 Å². The molecule has 62 valence electrons. The lowest BCUT2D eigenvalue weighted by atomic mass is 10.1. The third-order valence-electron chi connectivity index (χ3n) is 1.82. The van der Waals surface area contributed by atoms with Crippen molar-refractivity contribution in [3.05, 3.63) is 0 Å². The van der Waals surface area contributed by atoms with Crippen LogP contribution >= 0.6 is 0 Å². The highest BCUT2D eigenvalue weighted by molar-refractivity contribution is 6.02. The van der Waals surface area contributed by atoms with Gasteiger partial charge in [-0.2, -0.15) is 0 Å².